The topological polar surface area (TPSA) is 62.2 Å². The van der Waals surface area contributed by atoms with E-state index in [9.17, 15) is 0 Å². The molecule has 52 valence electrons. The van der Waals surface area contributed by atoms with Crippen molar-refractivity contribution in [3.63, 3.8) is 0 Å². The third-order valence-electron chi connectivity index (χ3n) is 0.658. The molecule has 0 heterocycles. The first-order valence-corrected chi connectivity index (χ1v) is 2.79. The zero-order valence-corrected chi connectivity index (χ0v) is 5.97. The summed E-state index contributed by atoms with van der Waals surface area (Å²) in [6.07, 6.45) is 2.50. The minimum Gasteiger partial charge on any atom is -0.403 e. The number of aliphatic imine (C=N–C) groups is 1. The van der Waals surface area contributed by atoms with E-state index in [2.05, 4.69) is 11.6 Å². The van der Waals surface area contributed by atoms with Crippen molar-refractivity contribution in [1.29, 1.82) is 5.26 Å². The Morgan fingerprint density at radius 3 is 2.80 bits per heavy atom. The maximum Gasteiger partial charge on any atom is 0.146 e. The molecule has 3 nitrogen and oxygen atoms in total. The third-order valence-corrected chi connectivity index (χ3v) is 0.984. The van der Waals surface area contributed by atoms with Gasteiger partial charge in [-0.3, -0.25) is 0 Å². The van der Waals surface area contributed by atoms with Crippen LogP contribution in [0.2, 0.25) is 0 Å². The van der Waals surface area contributed by atoms with Crippen LogP contribution in [0.15, 0.2) is 29.5 Å². The lowest BCUT2D eigenvalue weighted by Gasteiger charge is -1.86. The second kappa shape index (κ2) is 4.59. The summed E-state index contributed by atoms with van der Waals surface area (Å²) in [4.78, 5) is 3.57. The van der Waals surface area contributed by atoms with Crippen molar-refractivity contribution in [2.75, 3.05) is 0 Å². The molecule has 0 radical (unpaired) electrons. The summed E-state index contributed by atoms with van der Waals surface area (Å²) in [6.45, 7) is 3.33. The monoisotopic (exact) mass is 155 g/mol. The van der Waals surface area contributed by atoms with Crippen LogP contribution < -0.4 is 5.73 Å². The fourth-order valence-electron chi connectivity index (χ4n) is 0.233. The highest BCUT2D eigenvalue weighted by molar-refractivity contribution is 6.70. The fraction of sp³-hybridized carbons (Fsp3) is 0. The Balaban J connectivity index is 4.23. The molecule has 0 bridgehead atoms. The highest BCUT2D eigenvalue weighted by Gasteiger charge is 1.95. The third kappa shape index (κ3) is 2.90. The Labute approximate surface area is 64.1 Å². The predicted molar refractivity (Wildman–Crippen MR) is 41.4 cm³/mol. The number of hydrogen-bond acceptors (Lipinski definition) is 3. The molecule has 0 spiro atoms. The van der Waals surface area contributed by atoms with E-state index in [1.165, 1.54) is 12.4 Å². The summed E-state index contributed by atoms with van der Waals surface area (Å²) in [7, 11) is 0. The van der Waals surface area contributed by atoms with Crippen molar-refractivity contribution < 1.29 is 0 Å². The molecule has 0 unspecified atom stereocenters. The van der Waals surface area contributed by atoms with Gasteiger partial charge in [0.05, 0.1) is 5.57 Å². The Morgan fingerprint density at radius 2 is 2.40 bits per heavy atom. The predicted octanol–water partition coefficient (Wildman–Crippen LogP) is 1.13. The van der Waals surface area contributed by atoms with Crippen LogP contribution in [0.5, 0.6) is 0 Å². The van der Waals surface area contributed by atoms with E-state index in [0.717, 1.165) is 0 Å². The molecular formula is C6H6ClN3. The molecule has 0 aliphatic heterocycles. The zero-order valence-electron chi connectivity index (χ0n) is 5.21. The maximum absolute atomic E-state index is 8.23. The molecule has 0 aromatic carbocycles. The first-order chi connectivity index (χ1) is 4.72. The summed E-state index contributed by atoms with van der Waals surface area (Å²) < 4.78 is 0. The number of halogens is 1. The molecular weight excluding hydrogens is 150 g/mol. The van der Waals surface area contributed by atoms with Crippen molar-refractivity contribution in [2.45, 2.75) is 0 Å². The molecule has 0 aliphatic carbocycles. The van der Waals surface area contributed by atoms with E-state index < -0.39 is 0 Å². The Morgan fingerprint density at radius 1 is 1.80 bits per heavy atom. The Kier molecular flexibility index (Phi) is 4.01. The average Bonchev–Trinajstić information content (AvgIpc) is 1.98. The van der Waals surface area contributed by atoms with Gasteiger partial charge in [-0.2, -0.15) is 5.26 Å². The van der Waals surface area contributed by atoms with Crippen molar-refractivity contribution in [1.82, 2.24) is 0 Å². The van der Waals surface area contributed by atoms with E-state index in [1.807, 2.05) is 0 Å². The van der Waals surface area contributed by atoms with E-state index in [-0.39, 0.29) is 10.7 Å². The number of hydrogen-bond donors (Lipinski definition) is 1. The van der Waals surface area contributed by atoms with Crippen LogP contribution in [0, 0.1) is 11.3 Å². The van der Waals surface area contributed by atoms with Gasteiger partial charge in [0.15, 0.2) is 0 Å². The molecule has 10 heavy (non-hydrogen) atoms. The van der Waals surface area contributed by atoms with Gasteiger partial charge >= 0.3 is 0 Å². The minimum atomic E-state index is 0.0594. The van der Waals surface area contributed by atoms with Crippen molar-refractivity contribution in [3.05, 3.63) is 24.6 Å². The summed E-state index contributed by atoms with van der Waals surface area (Å²) in [5, 5.41) is 8.29. The summed E-state index contributed by atoms with van der Waals surface area (Å²) in [5.41, 5.74) is 5.08. The number of nitrogens with two attached hydrogens (primary N) is 1. The molecule has 0 rings (SSSR count). The van der Waals surface area contributed by atoms with Gasteiger partial charge in [-0.15, -0.1) is 0 Å². The second-order valence-corrected chi connectivity index (χ2v) is 1.71. The van der Waals surface area contributed by atoms with Crippen LogP contribution in [0.25, 0.3) is 0 Å². The van der Waals surface area contributed by atoms with Crippen LogP contribution in [0.4, 0.5) is 0 Å². The standard InChI is InChI=1S/C6H6ClN3/c1-5(4-9)6(7)10-3-2-8/h2-3H,1,8H2/b3-2-,10-6?. The average molecular weight is 156 g/mol. The van der Waals surface area contributed by atoms with Crippen LogP contribution in [0.1, 0.15) is 0 Å². The number of rotatable bonds is 2. The number of nitrogens with zero attached hydrogens (tertiary/aromatic N) is 2. The maximum atomic E-state index is 8.23. The van der Waals surface area contributed by atoms with Crippen LogP contribution >= 0.6 is 11.6 Å². The van der Waals surface area contributed by atoms with Gasteiger partial charge in [-0.05, 0) is 0 Å². The van der Waals surface area contributed by atoms with Gasteiger partial charge in [0.2, 0.25) is 0 Å². The summed E-state index contributed by atoms with van der Waals surface area (Å²) in [5.74, 6) is 0. The molecule has 0 aliphatic rings. The van der Waals surface area contributed by atoms with Crippen molar-refractivity contribution in [2.24, 2.45) is 10.7 Å². The lowest BCUT2D eigenvalue weighted by atomic mass is 10.4. The van der Waals surface area contributed by atoms with E-state index in [4.69, 9.17) is 22.6 Å². The molecule has 0 fully saturated rings. The molecule has 0 saturated heterocycles. The molecule has 2 N–H and O–H groups in total. The van der Waals surface area contributed by atoms with Gasteiger partial charge in [0.1, 0.15) is 11.2 Å². The minimum absolute atomic E-state index is 0.0594. The van der Waals surface area contributed by atoms with Crippen molar-refractivity contribution in [3.8, 4) is 6.07 Å². The van der Waals surface area contributed by atoms with Gasteiger partial charge in [0.25, 0.3) is 0 Å². The molecule has 0 aromatic heterocycles. The molecule has 0 atom stereocenters. The fourth-order valence-corrected chi connectivity index (χ4v) is 0.331. The van der Waals surface area contributed by atoms with Gasteiger partial charge < -0.3 is 5.73 Å². The van der Waals surface area contributed by atoms with Gasteiger partial charge in [0, 0.05) is 12.4 Å². The molecule has 0 amide bonds. The molecule has 4 heteroatoms. The number of nitriles is 1. The molecule has 0 aromatic rings. The first kappa shape index (κ1) is 8.73. The number of allylic oxidation sites excluding steroid dienone is 1. The largest absolute Gasteiger partial charge is 0.403 e. The lowest BCUT2D eigenvalue weighted by molar-refractivity contribution is 1.48. The Bertz CT molecular complexity index is 222. The van der Waals surface area contributed by atoms with Crippen LogP contribution in [-0.4, -0.2) is 5.17 Å². The SMILES string of the molecule is C=C(C#N)C(Cl)=N/C=C\N. The van der Waals surface area contributed by atoms with E-state index in [1.54, 1.807) is 6.07 Å². The van der Waals surface area contributed by atoms with Gasteiger partial charge in [-0.1, -0.05) is 18.2 Å². The van der Waals surface area contributed by atoms with E-state index in [0.29, 0.717) is 0 Å². The lowest BCUT2D eigenvalue weighted by Crippen LogP contribution is -1.87. The zero-order chi connectivity index (χ0) is 7.98. The smallest absolute Gasteiger partial charge is 0.146 e. The normalized spacial score (nSPS) is 11.4. The first-order valence-electron chi connectivity index (χ1n) is 2.41. The highest BCUT2D eigenvalue weighted by Crippen LogP contribution is 1.97. The quantitative estimate of drug-likeness (QED) is 0.480. The summed E-state index contributed by atoms with van der Waals surface area (Å²) >= 11 is 5.43. The highest BCUT2D eigenvalue weighted by atomic mass is 35.5. The Hall–Kier alpha value is -1.27. The molecule has 0 saturated carbocycles. The summed E-state index contributed by atoms with van der Waals surface area (Å²) in [6, 6.07) is 1.74. The van der Waals surface area contributed by atoms with Crippen molar-refractivity contribution >= 4 is 16.8 Å². The van der Waals surface area contributed by atoms with Gasteiger partial charge in [-0.25, -0.2) is 4.99 Å². The van der Waals surface area contributed by atoms with Crippen LogP contribution in [0.3, 0.4) is 0 Å². The second-order valence-electron chi connectivity index (χ2n) is 1.35. The van der Waals surface area contributed by atoms with Crippen LogP contribution in [-0.2, 0) is 0 Å². The van der Waals surface area contributed by atoms with E-state index >= 15 is 0 Å².